The van der Waals surface area contributed by atoms with Crippen molar-refractivity contribution in [3.63, 3.8) is 0 Å². The number of benzene rings is 1. The highest BCUT2D eigenvalue weighted by Crippen LogP contribution is 2.28. The number of rotatable bonds is 1. The normalized spacial score (nSPS) is 19.1. The molecule has 0 aliphatic carbocycles. The van der Waals surface area contributed by atoms with Crippen LogP contribution in [0.2, 0.25) is 10.0 Å². The van der Waals surface area contributed by atoms with Crippen molar-refractivity contribution in [3.8, 4) is 5.75 Å². The van der Waals surface area contributed by atoms with E-state index in [0.717, 1.165) is 0 Å². The number of amidine groups is 1. The Morgan fingerprint density at radius 3 is 2.76 bits per heavy atom. The maximum absolute atomic E-state index is 5.89. The zero-order valence-electron chi connectivity index (χ0n) is 8.43. The lowest BCUT2D eigenvalue weighted by Gasteiger charge is -2.17. The molecule has 0 bridgehead atoms. The van der Waals surface area contributed by atoms with E-state index in [2.05, 4.69) is 10.2 Å². The van der Waals surface area contributed by atoms with Crippen molar-refractivity contribution >= 4 is 35.1 Å². The van der Waals surface area contributed by atoms with Crippen molar-refractivity contribution in [2.24, 2.45) is 21.7 Å². The molecule has 8 heteroatoms. The standard InChI is InChI=1S/C9H8Cl2N4O2/c10-4-1-2-5(11)6(3-4)16-9-15-14-7(12)8(13)17-9/h1-3,8H,13H2,(H2,12,14). The second kappa shape index (κ2) is 4.79. The molecule has 90 valence electrons. The van der Waals surface area contributed by atoms with Gasteiger partial charge in [0, 0.05) is 11.1 Å². The van der Waals surface area contributed by atoms with Crippen LogP contribution in [-0.4, -0.2) is 18.1 Å². The largest absolute Gasteiger partial charge is 0.422 e. The van der Waals surface area contributed by atoms with Crippen LogP contribution in [0.1, 0.15) is 0 Å². The predicted molar refractivity (Wildman–Crippen MR) is 65.2 cm³/mol. The molecule has 2 rings (SSSR count). The Balaban J connectivity index is 2.19. The van der Waals surface area contributed by atoms with Gasteiger partial charge in [-0.05, 0) is 12.1 Å². The Morgan fingerprint density at radius 1 is 1.29 bits per heavy atom. The Morgan fingerprint density at radius 2 is 2.06 bits per heavy atom. The Hall–Kier alpha value is -1.50. The maximum atomic E-state index is 5.89. The van der Waals surface area contributed by atoms with E-state index in [1.807, 2.05) is 0 Å². The van der Waals surface area contributed by atoms with E-state index in [1.54, 1.807) is 12.1 Å². The van der Waals surface area contributed by atoms with E-state index in [4.69, 9.17) is 44.1 Å². The molecule has 17 heavy (non-hydrogen) atoms. The van der Waals surface area contributed by atoms with Crippen molar-refractivity contribution in [2.75, 3.05) is 0 Å². The first-order chi connectivity index (χ1) is 8.06. The van der Waals surface area contributed by atoms with Crippen LogP contribution in [0.25, 0.3) is 0 Å². The van der Waals surface area contributed by atoms with Crippen molar-refractivity contribution in [1.82, 2.24) is 0 Å². The Labute approximate surface area is 107 Å². The third-order valence-electron chi connectivity index (χ3n) is 1.86. The van der Waals surface area contributed by atoms with Gasteiger partial charge in [-0.3, -0.25) is 5.73 Å². The van der Waals surface area contributed by atoms with Gasteiger partial charge in [0.05, 0.1) is 5.02 Å². The molecule has 0 radical (unpaired) electrons. The van der Waals surface area contributed by atoms with Gasteiger partial charge in [-0.15, -0.1) is 5.10 Å². The van der Waals surface area contributed by atoms with Crippen LogP contribution in [0, 0.1) is 0 Å². The highest BCUT2D eigenvalue weighted by molar-refractivity contribution is 6.34. The first kappa shape index (κ1) is 12.0. The summed E-state index contributed by atoms with van der Waals surface area (Å²) in [5.41, 5.74) is 10.9. The van der Waals surface area contributed by atoms with Gasteiger partial charge in [0.25, 0.3) is 0 Å². The summed E-state index contributed by atoms with van der Waals surface area (Å²) in [7, 11) is 0. The second-order valence-corrected chi connectivity index (χ2v) is 3.95. The fraction of sp³-hybridized carbons (Fsp3) is 0.111. The second-order valence-electron chi connectivity index (χ2n) is 3.11. The molecule has 0 fully saturated rings. The Bertz CT molecular complexity index is 504. The van der Waals surface area contributed by atoms with E-state index in [0.29, 0.717) is 15.8 Å². The van der Waals surface area contributed by atoms with Gasteiger partial charge in [-0.1, -0.05) is 28.3 Å². The number of hydrogen-bond donors (Lipinski definition) is 2. The molecule has 0 spiro atoms. The van der Waals surface area contributed by atoms with E-state index >= 15 is 0 Å². The lowest BCUT2D eigenvalue weighted by atomic mass is 10.3. The molecule has 1 aliphatic rings. The van der Waals surface area contributed by atoms with Crippen molar-refractivity contribution in [1.29, 1.82) is 0 Å². The van der Waals surface area contributed by atoms with Crippen LogP contribution >= 0.6 is 23.2 Å². The third-order valence-corrected chi connectivity index (χ3v) is 2.40. The summed E-state index contributed by atoms with van der Waals surface area (Å²) >= 11 is 11.7. The molecular formula is C9H8Cl2N4O2. The van der Waals surface area contributed by atoms with E-state index in [9.17, 15) is 0 Å². The summed E-state index contributed by atoms with van der Waals surface area (Å²) in [6.07, 6.45) is -1.03. The van der Waals surface area contributed by atoms with Crippen LogP contribution in [0.15, 0.2) is 28.4 Å². The average Bonchev–Trinajstić information content (AvgIpc) is 2.29. The minimum absolute atomic E-state index is 0.0644. The quantitative estimate of drug-likeness (QED) is 0.807. The lowest BCUT2D eigenvalue weighted by molar-refractivity contribution is 0.194. The number of hydrogen-bond acceptors (Lipinski definition) is 6. The number of ether oxygens (including phenoxy) is 2. The monoisotopic (exact) mass is 274 g/mol. The predicted octanol–water partition coefficient (Wildman–Crippen LogP) is 1.32. The zero-order chi connectivity index (χ0) is 12.4. The average molecular weight is 275 g/mol. The van der Waals surface area contributed by atoms with Crippen molar-refractivity contribution < 1.29 is 9.47 Å². The number of halogens is 2. The summed E-state index contributed by atoms with van der Waals surface area (Å²) in [6.45, 7) is 0. The topological polar surface area (TPSA) is 95.2 Å². The summed E-state index contributed by atoms with van der Waals surface area (Å²) in [4.78, 5) is 0. The molecule has 1 atom stereocenters. The minimum Gasteiger partial charge on any atom is -0.422 e. The summed E-state index contributed by atoms with van der Waals surface area (Å²) < 4.78 is 10.3. The molecule has 1 unspecified atom stereocenters. The van der Waals surface area contributed by atoms with Gasteiger partial charge < -0.3 is 15.2 Å². The van der Waals surface area contributed by atoms with Crippen molar-refractivity contribution in [2.45, 2.75) is 6.23 Å². The van der Waals surface area contributed by atoms with Gasteiger partial charge in [0.2, 0.25) is 6.23 Å². The SMILES string of the molecule is NC1=NN=C(Oc2cc(Cl)ccc2Cl)OC1N. The van der Waals surface area contributed by atoms with Gasteiger partial charge >= 0.3 is 6.08 Å². The highest BCUT2D eigenvalue weighted by atomic mass is 35.5. The lowest BCUT2D eigenvalue weighted by Crippen LogP contribution is -2.43. The van der Waals surface area contributed by atoms with Crippen molar-refractivity contribution in [3.05, 3.63) is 28.2 Å². The van der Waals surface area contributed by atoms with Crippen LogP contribution in [0.4, 0.5) is 0 Å². The van der Waals surface area contributed by atoms with E-state index < -0.39 is 6.23 Å². The summed E-state index contributed by atoms with van der Waals surface area (Å²) in [5.74, 6) is 0.357. The van der Waals surface area contributed by atoms with Crippen LogP contribution in [0.3, 0.4) is 0 Å². The molecular weight excluding hydrogens is 267 g/mol. The highest BCUT2D eigenvalue weighted by Gasteiger charge is 2.19. The maximum Gasteiger partial charge on any atom is 0.415 e. The van der Waals surface area contributed by atoms with Crippen LogP contribution in [-0.2, 0) is 4.74 Å². The fourth-order valence-electron chi connectivity index (χ4n) is 1.04. The van der Waals surface area contributed by atoms with Gasteiger partial charge in [-0.25, -0.2) is 0 Å². The van der Waals surface area contributed by atoms with Gasteiger partial charge in [0.1, 0.15) is 0 Å². The summed E-state index contributed by atoms with van der Waals surface area (Å²) in [6, 6.07) is 4.73. The fourth-order valence-corrected chi connectivity index (χ4v) is 1.36. The molecule has 0 saturated carbocycles. The van der Waals surface area contributed by atoms with E-state index in [1.165, 1.54) is 6.07 Å². The molecule has 1 aromatic rings. The van der Waals surface area contributed by atoms with Gasteiger partial charge in [0.15, 0.2) is 11.6 Å². The van der Waals surface area contributed by atoms with Crippen LogP contribution < -0.4 is 16.2 Å². The first-order valence-electron chi connectivity index (χ1n) is 4.52. The third kappa shape index (κ3) is 2.79. The molecule has 0 saturated heterocycles. The molecule has 0 amide bonds. The molecule has 6 nitrogen and oxygen atoms in total. The number of nitrogens with two attached hydrogens (primary N) is 2. The molecule has 0 aromatic heterocycles. The van der Waals surface area contributed by atoms with E-state index in [-0.39, 0.29) is 11.9 Å². The van der Waals surface area contributed by atoms with Crippen LogP contribution in [0.5, 0.6) is 5.75 Å². The molecule has 1 aromatic carbocycles. The molecule has 1 aliphatic heterocycles. The number of nitrogens with zero attached hydrogens (tertiary/aromatic N) is 2. The summed E-state index contributed by atoms with van der Waals surface area (Å²) in [5, 5.41) is 7.98. The minimum atomic E-state index is -0.888. The smallest absolute Gasteiger partial charge is 0.415 e. The van der Waals surface area contributed by atoms with Gasteiger partial charge in [-0.2, -0.15) is 0 Å². The Kier molecular flexibility index (Phi) is 3.37. The molecule has 4 N–H and O–H groups in total. The zero-order valence-corrected chi connectivity index (χ0v) is 9.94. The first-order valence-corrected chi connectivity index (χ1v) is 5.28. The molecule has 1 heterocycles.